The van der Waals surface area contributed by atoms with Gasteiger partial charge in [-0.05, 0) is 32.9 Å². The third-order valence-electron chi connectivity index (χ3n) is 3.77. The molecule has 82 valence electrons. The molecule has 0 aromatic heterocycles. The molecule has 1 fully saturated rings. The minimum absolute atomic E-state index is 0.0975. The number of nitrogens with zero attached hydrogens (tertiary/aromatic N) is 1. The molecular weight excluding hydrogens is 172 g/mol. The Labute approximate surface area is 88.2 Å². The predicted molar refractivity (Wildman–Crippen MR) is 62.2 cm³/mol. The maximum absolute atomic E-state index is 6.19. The van der Waals surface area contributed by atoms with Gasteiger partial charge in [-0.15, -0.1) is 6.58 Å². The van der Waals surface area contributed by atoms with E-state index in [-0.39, 0.29) is 11.6 Å². The lowest BCUT2D eigenvalue weighted by atomic mass is 9.71. The van der Waals surface area contributed by atoms with Crippen molar-refractivity contribution < 1.29 is 0 Å². The zero-order valence-corrected chi connectivity index (χ0v) is 9.79. The van der Waals surface area contributed by atoms with Gasteiger partial charge in [-0.2, -0.15) is 0 Å². The van der Waals surface area contributed by atoms with Crippen LogP contribution in [0.15, 0.2) is 12.7 Å². The van der Waals surface area contributed by atoms with Crippen LogP contribution in [0.2, 0.25) is 0 Å². The third kappa shape index (κ3) is 2.01. The Balaban J connectivity index is 2.85. The first-order chi connectivity index (χ1) is 6.53. The molecule has 3 unspecified atom stereocenters. The monoisotopic (exact) mass is 196 g/mol. The van der Waals surface area contributed by atoms with E-state index in [1.54, 1.807) is 0 Å². The van der Waals surface area contributed by atoms with Gasteiger partial charge in [0.25, 0.3) is 0 Å². The van der Waals surface area contributed by atoms with Crippen LogP contribution >= 0.6 is 0 Å². The maximum Gasteiger partial charge on any atom is 0.0408 e. The van der Waals surface area contributed by atoms with Gasteiger partial charge < -0.3 is 10.6 Å². The van der Waals surface area contributed by atoms with Crippen molar-refractivity contribution in [1.29, 1.82) is 0 Å². The van der Waals surface area contributed by atoms with Crippen LogP contribution in [0.5, 0.6) is 0 Å². The average Bonchev–Trinajstić information content (AvgIpc) is 2.16. The lowest BCUT2D eigenvalue weighted by Crippen LogP contribution is -2.58. The summed E-state index contributed by atoms with van der Waals surface area (Å²) in [6, 6.07) is 0.0975. The van der Waals surface area contributed by atoms with Crippen molar-refractivity contribution in [1.82, 2.24) is 4.90 Å². The molecule has 1 aliphatic rings. The van der Waals surface area contributed by atoms with E-state index in [1.165, 1.54) is 25.7 Å². The van der Waals surface area contributed by atoms with Crippen LogP contribution in [0.1, 0.15) is 32.6 Å². The van der Waals surface area contributed by atoms with Crippen molar-refractivity contribution in [2.75, 3.05) is 14.1 Å². The topological polar surface area (TPSA) is 29.3 Å². The molecule has 0 aliphatic heterocycles. The molecule has 0 aromatic rings. The van der Waals surface area contributed by atoms with Gasteiger partial charge in [0.1, 0.15) is 0 Å². The summed E-state index contributed by atoms with van der Waals surface area (Å²) in [7, 11) is 4.28. The quantitative estimate of drug-likeness (QED) is 0.700. The maximum atomic E-state index is 6.19. The molecular formula is C12H24N2. The fourth-order valence-electron chi connectivity index (χ4n) is 2.79. The van der Waals surface area contributed by atoms with Crippen LogP contribution in [0.25, 0.3) is 0 Å². The average molecular weight is 196 g/mol. The van der Waals surface area contributed by atoms with Gasteiger partial charge in [0.05, 0.1) is 0 Å². The molecule has 14 heavy (non-hydrogen) atoms. The molecule has 2 N–H and O–H groups in total. The summed E-state index contributed by atoms with van der Waals surface area (Å²) >= 11 is 0. The smallest absolute Gasteiger partial charge is 0.0408 e. The minimum Gasteiger partial charge on any atom is -0.323 e. The van der Waals surface area contributed by atoms with Gasteiger partial charge in [-0.1, -0.05) is 25.8 Å². The lowest BCUT2D eigenvalue weighted by Gasteiger charge is -2.48. The standard InChI is InChI=1S/C12H24N2/c1-5-11(13)12(14(3)4)8-6-7-10(2)9-12/h5,10-11H,1,6-9,13H2,2-4H3. The Morgan fingerprint density at radius 2 is 2.21 bits per heavy atom. The molecule has 0 amide bonds. The summed E-state index contributed by atoms with van der Waals surface area (Å²) in [4.78, 5) is 2.30. The molecule has 1 aliphatic carbocycles. The number of rotatable bonds is 3. The Kier molecular flexibility index (Phi) is 3.73. The highest BCUT2D eigenvalue weighted by Crippen LogP contribution is 2.37. The van der Waals surface area contributed by atoms with Crippen molar-refractivity contribution >= 4 is 0 Å². The van der Waals surface area contributed by atoms with Crippen LogP contribution < -0.4 is 5.73 Å². The molecule has 1 saturated carbocycles. The fraction of sp³-hybridized carbons (Fsp3) is 0.833. The van der Waals surface area contributed by atoms with Gasteiger partial charge in [0.15, 0.2) is 0 Å². The largest absolute Gasteiger partial charge is 0.323 e. The molecule has 0 saturated heterocycles. The van der Waals surface area contributed by atoms with E-state index < -0.39 is 0 Å². The number of hydrogen-bond acceptors (Lipinski definition) is 2. The van der Waals surface area contributed by atoms with Crippen LogP contribution in [0, 0.1) is 5.92 Å². The molecule has 1 rings (SSSR count). The normalized spacial score (nSPS) is 35.6. The first-order valence-corrected chi connectivity index (χ1v) is 5.58. The van der Waals surface area contributed by atoms with E-state index in [2.05, 4.69) is 32.5 Å². The van der Waals surface area contributed by atoms with E-state index in [0.717, 1.165) is 5.92 Å². The van der Waals surface area contributed by atoms with Crippen molar-refractivity contribution in [2.45, 2.75) is 44.2 Å². The van der Waals surface area contributed by atoms with Gasteiger partial charge >= 0.3 is 0 Å². The molecule has 2 heteroatoms. The van der Waals surface area contributed by atoms with Crippen LogP contribution in [-0.2, 0) is 0 Å². The summed E-state index contributed by atoms with van der Waals surface area (Å²) in [6.07, 6.45) is 6.95. The van der Waals surface area contributed by atoms with Gasteiger partial charge in [-0.3, -0.25) is 0 Å². The lowest BCUT2D eigenvalue weighted by molar-refractivity contribution is 0.0640. The molecule has 3 atom stereocenters. The fourth-order valence-corrected chi connectivity index (χ4v) is 2.79. The Hall–Kier alpha value is -0.340. The number of likely N-dealkylation sites (N-methyl/N-ethyl adjacent to an activating group) is 1. The molecule has 0 aromatic carbocycles. The van der Waals surface area contributed by atoms with E-state index in [9.17, 15) is 0 Å². The molecule has 0 heterocycles. The highest BCUT2D eigenvalue weighted by molar-refractivity contribution is 5.07. The summed E-state index contributed by atoms with van der Waals surface area (Å²) in [5, 5.41) is 0. The van der Waals surface area contributed by atoms with Crippen LogP contribution in [-0.4, -0.2) is 30.6 Å². The van der Waals surface area contributed by atoms with E-state index >= 15 is 0 Å². The van der Waals surface area contributed by atoms with Crippen molar-refractivity contribution in [3.05, 3.63) is 12.7 Å². The van der Waals surface area contributed by atoms with Crippen LogP contribution in [0.3, 0.4) is 0 Å². The second-order valence-corrected chi connectivity index (χ2v) is 4.96. The zero-order valence-electron chi connectivity index (χ0n) is 9.79. The predicted octanol–water partition coefficient (Wildman–Crippen LogP) is 2.01. The molecule has 2 nitrogen and oxygen atoms in total. The second-order valence-electron chi connectivity index (χ2n) is 4.96. The summed E-state index contributed by atoms with van der Waals surface area (Å²) in [6.45, 7) is 6.16. The highest BCUT2D eigenvalue weighted by atomic mass is 15.2. The second kappa shape index (κ2) is 4.45. The first-order valence-electron chi connectivity index (χ1n) is 5.58. The van der Waals surface area contributed by atoms with E-state index in [0.29, 0.717) is 0 Å². The van der Waals surface area contributed by atoms with Gasteiger partial charge in [-0.25, -0.2) is 0 Å². The van der Waals surface area contributed by atoms with Gasteiger partial charge in [0, 0.05) is 11.6 Å². The minimum atomic E-state index is 0.0975. The van der Waals surface area contributed by atoms with Crippen molar-refractivity contribution in [3.63, 3.8) is 0 Å². The van der Waals surface area contributed by atoms with E-state index in [1.807, 2.05) is 6.08 Å². The summed E-state index contributed by atoms with van der Waals surface area (Å²) < 4.78 is 0. The molecule has 0 radical (unpaired) electrons. The van der Waals surface area contributed by atoms with Crippen molar-refractivity contribution in [2.24, 2.45) is 11.7 Å². The summed E-state index contributed by atoms with van der Waals surface area (Å²) in [5.74, 6) is 0.789. The van der Waals surface area contributed by atoms with Crippen molar-refractivity contribution in [3.8, 4) is 0 Å². The van der Waals surface area contributed by atoms with Gasteiger partial charge in [0.2, 0.25) is 0 Å². The number of hydrogen-bond donors (Lipinski definition) is 1. The van der Waals surface area contributed by atoms with Crippen LogP contribution in [0.4, 0.5) is 0 Å². The Morgan fingerprint density at radius 3 is 2.64 bits per heavy atom. The highest BCUT2D eigenvalue weighted by Gasteiger charge is 2.40. The van der Waals surface area contributed by atoms with E-state index in [4.69, 9.17) is 5.73 Å². The zero-order chi connectivity index (χ0) is 10.8. The molecule has 0 bridgehead atoms. The summed E-state index contributed by atoms with van der Waals surface area (Å²) in [5.41, 5.74) is 6.34. The number of nitrogens with two attached hydrogens (primary N) is 1. The molecule has 0 spiro atoms. The SMILES string of the molecule is C=CC(N)C1(N(C)C)CCCC(C)C1. The third-order valence-corrected chi connectivity index (χ3v) is 3.77. The first kappa shape index (κ1) is 11.7. The Bertz CT molecular complexity index is 200. The Morgan fingerprint density at radius 1 is 1.57 bits per heavy atom.